The van der Waals surface area contributed by atoms with Crippen LogP contribution < -0.4 is 5.73 Å². The van der Waals surface area contributed by atoms with Gasteiger partial charge in [-0.25, -0.2) is 0 Å². The monoisotopic (exact) mass is 205 g/mol. The third-order valence-corrected chi connectivity index (χ3v) is 3.40. The third kappa shape index (κ3) is 1.92. The molecule has 0 aromatic heterocycles. The Hall–Kier alpha value is -0.860. The Morgan fingerprint density at radius 2 is 1.80 bits per heavy atom. The molecule has 0 amide bonds. The minimum atomic E-state index is -0.283. The van der Waals surface area contributed by atoms with Gasteiger partial charge >= 0.3 is 0 Å². The minimum Gasteiger partial charge on any atom is -0.395 e. The minimum absolute atomic E-state index is 0.0667. The predicted octanol–water partition coefficient (Wildman–Crippen LogP) is 1.90. The van der Waals surface area contributed by atoms with Crippen LogP contribution in [0.2, 0.25) is 0 Å². The zero-order chi connectivity index (χ0) is 11.1. The first-order chi connectivity index (χ1) is 6.98. The second kappa shape index (κ2) is 3.32. The molecule has 0 unspecified atom stereocenters. The van der Waals surface area contributed by atoms with Crippen LogP contribution in [0.5, 0.6) is 0 Å². The Labute approximate surface area is 91.1 Å². The molecule has 0 heterocycles. The largest absolute Gasteiger partial charge is 0.395 e. The van der Waals surface area contributed by atoms with Gasteiger partial charge in [-0.15, -0.1) is 0 Å². The van der Waals surface area contributed by atoms with Crippen LogP contribution in [0.3, 0.4) is 0 Å². The molecule has 1 saturated carbocycles. The van der Waals surface area contributed by atoms with Crippen LogP contribution >= 0.6 is 0 Å². The van der Waals surface area contributed by atoms with Crippen molar-refractivity contribution < 1.29 is 5.11 Å². The van der Waals surface area contributed by atoms with Gasteiger partial charge in [0.05, 0.1) is 6.61 Å². The summed E-state index contributed by atoms with van der Waals surface area (Å²) in [5, 5.41) is 9.31. The molecule has 2 rings (SSSR count). The summed E-state index contributed by atoms with van der Waals surface area (Å²) in [6.45, 7) is 4.26. The van der Waals surface area contributed by atoms with Crippen molar-refractivity contribution in [2.45, 2.75) is 37.6 Å². The predicted molar refractivity (Wildman–Crippen MR) is 61.7 cm³/mol. The lowest BCUT2D eigenvalue weighted by Crippen LogP contribution is -2.28. The van der Waals surface area contributed by atoms with Crippen molar-refractivity contribution in [3.05, 3.63) is 35.4 Å². The third-order valence-electron chi connectivity index (χ3n) is 3.40. The van der Waals surface area contributed by atoms with Crippen molar-refractivity contribution >= 4 is 0 Å². The quantitative estimate of drug-likeness (QED) is 0.791. The molecular weight excluding hydrogens is 186 g/mol. The summed E-state index contributed by atoms with van der Waals surface area (Å²) in [7, 11) is 0. The molecular formula is C13H19NO. The van der Waals surface area contributed by atoms with Crippen LogP contribution in [0, 0.1) is 0 Å². The topological polar surface area (TPSA) is 46.2 Å². The molecule has 1 aromatic rings. The number of rotatable bonds is 3. The van der Waals surface area contributed by atoms with Crippen LogP contribution in [0.1, 0.15) is 37.8 Å². The Kier molecular flexibility index (Phi) is 2.36. The van der Waals surface area contributed by atoms with E-state index in [1.165, 1.54) is 5.56 Å². The van der Waals surface area contributed by atoms with Crippen LogP contribution in [0.4, 0.5) is 0 Å². The molecule has 2 heteroatoms. The zero-order valence-electron chi connectivity index (χ0n) is 9.46. The molecule has 0 aliphatic heterocycles. The standard InChI is InChI=1S/C13H19NO/c1-12(2,14)10-3-5-11(6-4-10)13(9-15)7-8-13/h3-6,15H,7-9,14H2,1-2H3. The van der Waals surface area contributed by atoms with E-state index >= 15 is 0 Å². The molecule has 1 aromatic carbocycles. The molecule has 0 bridgehead atoms. The van der Waals surface area contributed by atoms with E-state index in [0.29, 0.717) is 0 Å². The molecule has 0 saturated heterocycles. The number of aliphatic hydroxyl groups excluding tert-OH is 1. The van der Waals surface area contributed by atoms with Gasteiger partial charge in [-0.05, 0) is 37.8 Å². The van der Waals surface area contributed by atoms with Gasteiger partial charge in [-0.3, -0.25) is 0 Å². The Balaban J connectivity index is 2.25. The van der Waals surface area contributed by atoms with E-state index in [1.54, 1.807) is 0 Å². The summed E-state index contributed by atoms with van der Waals surface area (Å²) >= 11 is 0. The van der Waals surface area contributed by atoms with E-state index < -0.39 is 0 Å². The van der Waals surface area contributed by atoms with Crippen LogP contribution in [-0.4, -0.2) is 11.7 Å². The van der Waals surface area contributed by atoms with Gasteiger partial charge in [0.25, 0.3) is 0 Å². The Morgan fingerprint density at radius 3 is 2.13 bits per heavy atom. The van der Waals surface area contributed by atoms with E-state index in [4.69, 9.17) is 5.73 Å². The highest BCUT2D eigenvalue weighted by Crippen LogP contribution is 2.47. The molecule has 0 spiro atoms. The van der Waals surface area contributed by atoms with Gasteiger partial charge in [-0.1, -0.05) is 24.3 Å². The summed E-state index contributed by atoms with van der Waals surface area (Å²) in [6, 6.07) is 8.36. The van der Waals surface area contributed by atoms with Crippen LogP contribution in [0.25, 0.3) is 0 Å². The van der Waals surface area contributed by atoms with E-state index in [9.17, 15) is 5.11 Å². The molecule has 1 aliphatic carbocycles. The van der Waals surface area contributed by atoms with E-state index in [2.05, 4.69) is 24.3 Å². The first kappa shape index (κ1) is 10.7. The number of hydrogen-bond donors (Lipinski definition) is 2. The van der Waals surface area contributed by atoms with Gasteiger partial charge in [-0.2, -0.15) is 0 Å². The van der Waals surface area contributed by atoms with Gasteiger partial charge in [0.15, 0.2) is 0 Å². The van der Waals surface area contributed by atoms with Crippen LogP contribution in [-0.2, 0) is 11.0 Å². The number of benzene rings is 1. The van der Waals surface area contributed by atoms with Crippen molar-refractivity contribution in [2.24, 2.45) is 5.73 Å². The fraction of sp³-hybridized carbons (Fsp3) is 0.538. The lowest BCUT2D eigenvalue weighted by Gasteiger charge is -2.20. The maximum atomic E-state index is 9.31. The van der Waals surface area contributed by atoms with Crippen molar-refractivity contribution in [1.82, 2.24) is 0 Å². The van der Waals surface area contributed by atoms with Gasteiger partial charge in [0, 0.05) is 11.0 Å². The maximum Gasteiger partial charge on any atom is 0.0527 e. The van der Waals surface area contributed by atoms with E-state index in [0.717, 1.165) is 18.4 Å². The first-order valence-electron chi connectivity index (χ1n) is 5.49. The Morgan fingerprint density at radius 1 is 1.27 bits per heavy atom. The number of hydrogen-bond acceptors (Lipinski definition) is 2. The van der Waals surface area contributed by atoms with E-state index in [1.807, 2.05) is 13.8 Å². The molecule has 0 radical (unpaired) electrons. The molecule has 0 atom stereocenters. The van der Waals surface area contributed by atoms with Crippen molar-refractivity contribution in [1.29, 1.82) is 0 Å². The van der Waals surface area contributed by atoms with Gasteiger partial charge in [0.1, 0.15) is 0 Å². The van der Waals surface area contributed by atoms with Crippen molar-refractivity contribution in [3.8, 4) is 0 Å². The summed E-state index contributed by atoms with van der Waals surface area (Å²) in [6.07, 6.45) is 2.21. The summed E-state index contributed by atoms with van der Waals surface area (Å²) < 4.78 is 0. The molecule has 2 nitrogen and oxygen atoms in total. The van der Waals surface area contributed by atoms with Gasteiger partial charge in [0.2, 0.25) is 0 Å². The molecule has 15 heavy (non-hydrogen) atoms. The highest BCUT2D eigenvalue weighted by Gasteiger charge is 2.43. The van der Waals surface area contributed by atoms with Gasteiger partial charge < -0.3 is 10.8 Å². The number of nitrogens with two attached hydrogens (primary N) is 1. The highest BCUT2D eigenvalue weighted by molar-refractivity contribution is 5.35. The summed E-state index contributed by atoms with van der Waals surface area (Å²) in [5.74, 6) is 0. The average molecular weight is 205 g/mol. The fourth-order valence-corrected chi connectivity index (χ4v) is 1.94. The lowest BCUT2D eigenvalue weighted by atomic mass is 9.91. The van der Waals surface area contributed by atoms with Crippen molar-refractivity contribution in [2.75, 3.05) is 6.61 Å². The molecule has 82 valence electrons. The summed E-state index contributed by atoms with van der Waals surface area (Å²) in [5.41, 5.74) is 8.19. The Bertz CT molecular complexity index is 344. The normalized spacial score (nSPS) is 18.9. The zero-order valence-corrected chi connectivity index (χ0v) is 9.46. The fourth-order valence-electron chi connectivity index (χ4n) is 1.94. The van der Waals surface area contributed by atoms with Crippen molar-refractivity contribution in [3.63, 3.8) is 0 Å². The number of aliphatic hydroxyl groups is 1. The second-order valence-electron chi connectivity index (χ2n) is 5.24. The maximum absolute atomic E-state index is 9.31. The highest BCUT2D eigenvalue weighted by atomic mass is 16.3. The summed E-state index contributed by atoms with van der Waals surface area (Å²) in [4.78, 5) is 0. The smallest absolute Gasteiger partial charge is 0.0527 e. The second-order valence-corrected chi connectivity index (χ2v) is 5.24. The lowest BCUT2D eigenvalue weighted by molar-refractivity contribution is 0.255. The van der Waals surface area contributed by atoms with E-state index in [-0.39, 0.29) is 17.6 Å². The molecule has 1 aliphatic rings. The first-order valence-corrected chi connectivity index (χ1v) is 5.49. The SMILES string of the molecule is CC(C)(N)c1ccc(C2(CO)CC2)cc1. The van der Waals surface area contributed by atoms with Crippen LogP contribution in [0.15, 0.2) is 24.3 Å². The average Bonchev–Trinajstić information content (AvgIpc) is 2.97. The molecule has 1 fully saturated rings. The molecule has 3 N–H and O–H groups in total.